The van der Waals surface area contributed by atoms with Gasteiger partial charge in [0.05, 0.1) is 17.9 Å². The third kappa shape index (κ3) is 2.38. The van der Waals surface area contributed by atoms with Gasteiger partial charge in [-0.2, -0.15) is 0 Å². The van der Waals surface area contributed by atoms with Crippen LogP contribution in [0.25, 0.3) is 16.6 Å². The largest absolute Gasteiger partial charge is 0.358 e. The van der Waals surface area contributed by atoms with Crippen molar-refractivity contribution in [1.29, 1.82) is 0 Å². The highest BCUT2D eigenvalue weighted by molar-refractivity contribution is 5.89. The number of hydrogen-bond donors (Lipinski definition) is 2. The van der Waals surface area contributed by atoms with Gasteiger partial charge in [0.2, 0.25) is 5.91 Å². The van der Waals surface area contributed by atoms with Crippen LogP contribution in [0.2, 0.25) is 0 Å². The normalized spacial score (nSPS) is 17.1. The number of H-pyrrole nitrogens is 1. The summed E-state index contributed by atoms with van der Waals surface area (Å²) in [5.41, 5.74) is 8.89. The van der Waals surface area contributed by atoms with Crippen molar-refractivity contribution in [1.82, 2.24) is 19.7 Å². The van der Waals surface area contributed by atoms with Crippen LogP contribution in [-0.2, 0) is 11.3 Å². The van der Waals surface area contributed by atoms with Crippen LogP contribution >= 0.6 is 0 Å². The fourth-order valence-corrected chi connectivity index (χ4v) is 4.31. The van der Waals surface area contributed by atoms with Crippen LogP contribution in [0, 0.1) is 20.8 Å². The van der Waals surface area contributed by atoms with Crippen LogP contribution in [-0.4, -0.2) is 20.3 Å². The van der Waals surface area contributed by atoms with Crippen LogP contribution in [0.3, 0.4) is 0 Å². The third-order valence-electron chi connectivity index (χ3n) is 5.80. The number of fused-ring (bicyclic) bond motifs is 4. The zero-order chi connectivity index (χ0) is 18.7. The molecule has 0 radical (unpaired) electrons. The molecule has 4 heterocycles. The third-order valence-corrected chi connectivity index (χ3v) is 5.80. The van der Waals surface area contributed by atoms with Crippen molar-refractivity contribution in [2.75, 3.05) is 0 Å². The van der Waals surface area contributed by atoms with Gasteiger partial charge in [-0.15, -0.1) is 0 Å². The highest BCUT2D eigenvalue weighted by Gasteiger charge is 2.30. The Labute approximate surface area is 157 Å². The second kappa shape index (κ2) is 5.71. The summed E-state index contributed by atoms with van der Waals surface area (Å²) in [6, 6.07) is 10.5. The molecule has 27 heavy (non-hydrogen) atoms. The number of pyridine rings is 1. The van der Waals surface area contributed by atoms with Crippen molar-refractivity contribution in [2.24, 2.45) is 0 Å². The van der Waals surface area contributed by atoms with E-state index in [-0.39, 0.29) is 11.8 Å². The number of carbonyl (C=O) groups excluding carboxylic acids is 1. The van der Waals surface area contributed by atoms with Gasteiger partial charge >= 0.3 is 0 Å². The second-order valence-corrected chi connectivity index (χ2v) is 7.56. The number of hydrogen-bond acceptors (Lipinski definition) is 2. The molecule has 5 heteroatoms. The molecule has 0 fully saturated rings. The maximum atomic E-state index is 12.5. The Bertz CT molecular complexity index is 1210. The average Bonchev–Trinajstić information content (AvgIpc) is 3.09. The standard InChI is InChI=1S/C22H22N4O/c1-12-7-8-19-25-18-10-23-20(27)9-17(22(18)26(19)11-12)16-6-4-5-15-13(2)14(3)24-21(15)16/h4-8,11,17,24H,9-10H2,1-3H3,(H,23,27). The first-order valence-electron chi connectivity index (χ1n) is 9.35. The number of imidazole rings is 1. The minimum atomic E-state index is -0.0413. The highest BCUT2D eigenvalue weighted by Crippen LogP contribution is 2.37. The molecule has 0 bridgehead atoms. The number of benzene rings is 1. The molecule has 0 aliphatic carbocycles. The quantitative estimate of drug-likeness (QED) is 0.542. The van der Waals surface area contributed by atoms with Gasteiger partial charge in [0.15, 0.2) is 0 Å². The van der Waals surface area contributed by atoms with Crippen molar-refractivity contribution < 1.29 is 4.79 Å². The van der Waals surface area contributed by atoms with Gasteiger partial charge in [-0.3, -0.25) is 4.79 Å². The van der Waals surface area contributed by atoms with Gasteiger partial charge in [0.25, 0.3) is 0 Å². The number of amides is 1. The number of carbonyl (C=O) groups is 1. The number of aryl methyl sites for hydroxylation is 3. The van der Waals surface area contributed by atoms with Crippen LogP contribution in [0.5, 0.6) is 0 Å². The van der Waals surface area contributed by atoms with E-state index in [0.29, 0.717) is 13.0 Å². The molecule has 1 aliphatic rings. The zero-order valence-corrected chi connectivity index (χ0v) is 15.8. The van der Waals surface area contributed by atoms with Crippen molar-refractivity contribution >= 4 is 22.5 Å². The molecule has 0 spiro atoms. The summed E-state index contributed by atoms with van der Waals surface area (Å²) >= 11 is 0. The van der Waals surface area contributed by atoms with Crippen molar-refractivity contribution in [3.63, 3.8) is 0 Å². The minimum Gasteiger partial charge on any atom is -0.358 e. The smallest absolute Gasteiger partial charge is 0.221 e. The van der Waals surface area contributed by atoms with Gasteiger partial charge in [0.1, 0.15) is 5.65 Å². The molecule has 1 amide bonds. The second-order valence-electron chi connectivity index (χ2n) is 7.56. The van der Waals surface area contributed by atoms with E-state index in [1.165, 1.54) is 22.2 Å². The maximum absolute atomic E-state index is 12.5. The molecule has 4 aromatic rings. The Morgan fingerprint density at radius 2 is 2.00 bits per heavy atom. The molecule has 5 nitrogen and oxygen atoms in total. The van der Waals surface area contributed by atoms with E-state index in [2.05, 4.69) is 65.9 Å². The van der Waals surface area contributed by atoms with Gasteiger partial charge in [-0.25, -0.2) is 4.98 Å². The molecular weight excluding hydrogens is 336 g/mol. The predicted octanol–water partition coefficient (Wildman–Crippen LogP) is 3.89. The first-order valence-corrected chi connectivity index (χ1v) is 9.35. The number of aromatic amines is 1. The molecule has 0 saturated carbocycles. The average molecular weight is 358 g/mol. The number of aromatic nitrogens is 3. The molecular formula is C22H22N4O. The molecule has 3 aromatic heterocycles. The Hall–Kier alpha value is -3.08. The SMILES string of the molecule is Cc1ccc2nc3c(n2c1)C(c1cccc2c(C)c(C)[nH]c12)CC(=O)NC3. The van der Waals surface area contributed by atoms with Crippen molar-refractivity contribution in [2.45, 2.75) is 39.7 Å². The van der Waals surface area contributed by atoms with Gasteiger partial charge in [0, 0.05) is 35.1 Å². The Morgan fingerprint density at radius 3 is 2.85 bits per heavy atom. The molecule has 2 N–H and O–H groups in total. The Kier molecular flexibility index (Phi) is 3.41. The molecule has 1 aromatic carbocycles. The first kappa shape index (κ1) is 16.1. The zero-order valence-electron chi connectivity index (χ0n) is 15.8. The molecule has 136 valence electrons. The van der Waals surface area contributed by atoms with E-state index in [1.807, 2.05) is 6.07 Å². The number of rotatable bonds is 1. The van der Waals surface area contributed by atoms with Crippen molar-refractivity contribution in [3.05, 3.63) is 70.3 Å². The highest BCUT2D eigenvalue weighted by atomic mass is 16.1. The van der Waals surface area contributed by atoms with E-state index in [0.717, 1.165) is 28.1 Å². The van der Waals surface area contributed by atoms with E-state index in [4.69, 9.17) is 4.98 Å². The molecule has 1 aliphatic heterocycles. The lowest BCUT2D eigenvalue weighted by Crippen LogP contribution is -2.21. The predicted molar refractivity (Wildman–Crippen MR) is 106 cm³/mol. The van der Waals surface area contributed by atoms with E-state index in [9.17, 15) is 4.79 Å². The lowest BCUT2D eigenvalue weighted by Gasteiger charge is -2.17. The summed E-state index contributed by atoms with van der Waals surface area (Å²) in [7, 11) is 0. The summed E-state index contributed by atoms with van der Waals surface area (Å²) in [5, 5.41) is 4.24. The Balaban J connectivity index is 1.82. The van der Waals surface area contributed by atoms with E-state index in [1.54, 1.807) is 0 Å². The minimum absolute atomic E-state index is 0.0413. The van der Waals surface area contributed by atoms with Crippen LogP contribution in [0.1, 0.15) is 46.1 Å². The topological polar surface area (TPSA) is 62.2 Å². The maximum Gasteiger partial charge on any atom is 0.221 e. The van der Waals surface area contributed by atoms with E-state index >= 15 is 0 Å². The van der Waals surface area contributed by atoms with Gasteiger partial charge in [-0.1, -0.05) is 24.3 Å². The van der Waals surface area contributed by atoms with Crippen LogP contribution in [0.4, 0.5) is 0 Å². The molecule has 0 saturated heterocycles. The number of nitrogens with one attached hydrogen (secondary N) is 2. The monoisotopic (exact) mass is 358 g/mol. The summed E-state index contributed by atoms with van der Waals surface area (Å²) in [5.74, 6) is 0.0249. The summed E-state index contributed by atoms with van der Waals surface area (Å²) in [4.78, 5) is 20.8. The fourth-order valence-electron chi connectivity index (χ4n) is 4.31. The lowest BCUT2D eigenvalue weighted by molar-refractivity contribution is -0.121. The van der Waals surface area contributed by atoms with Crippen molar-refractivity contribution in [3.8, 4) is 0 Å². The fraction of sp³-hybridized carbons (Fsp3) is 0.273. The Morgan fingerprint density at radius 1 is 1.15 bits per heavy atom. The summed E-state index contributed by atoms with van der Waals surface area (Å²) < 4.78 is 2.16. The van der Waals surface area contributed by atoms with Gasteiger partial charge in [-0.05, 0) is 43.5 Å². The van der Waals surface area contributed by atoms with Crippen LogP contribution < -0.4 is 5.32 Å². The lowest BCUT2D eigenvalue weighted by atomic mass is 9.90. The van der Waals surface area contributed by atoms with Crippen LogP contribution in [0.15, 0.2) is 36.5 Å². The molecule has 1 unspecified atom stereocenters. The molecule has 1 atom stereocenters. The number of para-hydroxylation sites is 1. The number of nitrogens with zero attached hydrogens (tertiary/aromatic N) is 2. The first-order chi connectivity index (χ1) is 13.0. The summed E-state index contributed by atoms with van der Waals surface area (Å²) in [6.07, 6.45) is 2.54. The van der Waals surface area contributed by atoms with E-state index < -0.39 is 0 Å². The summed E-state index contributed by atoms with van der Waals surface area (Å²) in [6.45, 7) is 6.80. The molecule has 5 rings (SSSR count). The van der Waals surface area contributed by atoms with Gasteiger partial charge < -0.3 is 14.7 Å².